The Bertz CT molecular complexity index is 436. The molecule has 0 saturated carbocycles. The summed E-state index contributed by atoms with van der Waals surface area (Å²) < 4.78 is 32.2. The van der Waals surface area contributed by atoms with Gasteiger partial charge in [0.05, 0.1) is 19.1 Å². The highest BCUT2D eigenvalue weighted by Gasteiger charge is 2.20. The van der Waals surface area contributed by atoms with E-state index in [1.54, 1.807) is 6.92 Å². The smallest absolute Gasteiger partial charge is 0.225 e. The molecule has 0 saturated heterocycles. The molecule has 120 valence electrons. The van der Waals surface area contributed by atoms with Crippen LogP contribution in [0.15, 0.2) is 18.2 Å². The second-order valence-electron chi connectivity index (χ2n) is 4.41. The number of rotatable bonds is 7. The molecule has 0 bridgehead atoms. The highest BCUT2D eigenvalue weighted by Crippen LogP contribution is 2.15. The molecule has 0 spiro atoms. The summed E-state index contributed by atoms with van der Waals surface area (Å²) in [6.45, 7) is 2.22. The van der Waals surface area contributed by atoms with Gasteiger partial charge in [-0.05, 0) is 19.1 Å². The number of methoxy groups -OCH3 is 1. The molecule has 1 amide bonds. The van der Waals surface area contributed by atoms with Crippen molar-refractivity contribution in [2.24, 2.45) is 5.73 Å². The first-order valence-corrected chi connectivity index (χ1v) is 6.47. The van der Waals surface area contributed by atoms with E-state index in [9.17, 15) is 13.6 Å². The van der Waals surface area contributed by atoms with Gasteiger partial charge in [0.1, 0.15) is 11.6 Å². The average Bonchev–Trinajstić information content (AvgIpc) is 2.44. The Morgan fingerprint density at radius 3 is 2.38 bits per heavy atom. The van der Waals surface area contributed by atoms with Crippen LogP contribution in [0.4, 0.5) is 8.78 Å². The molecule has 2 N–H and O–H groups in total. The average molecular weight is 323 g/mol. The Morgan fingerprint density at radius 2 is 1.95 bits per heavy atom. The first-order valence-electron chi connectivity index (χ1n) is 6.47. The third-order valence-corrected chi connectivity index (χ3v) is 3.14. The van der Waals surface area contributed by atoms with Crippen LogP contribution in [0.25, 0.3) is 0 Å². The van der Waals surface area contributed by atoms with E-state index in [-0.39, 0.29) is 49.5 Å². The van der Waals surface area contributed by atoms with Crippen molar-refractivity contribution in [3.8, 4) is 0 Å². The summed E-state index contributed by atoms with van der Waals surface area (Å²) in [7, 11) is 1.47. The molecule has 0 aliphatic heterocycles. The maximum atomic E-state index is 13.6. The van der Waals surface area contributed by atoms with Crippen LogP contribution >= 0.6 is 12.4 Å². The minimum Gasteiger partial charge on any atom is -0.380 e. The van der Waals surface area contributed by atoms with Crippen molar-refractivity contribution in [1.29, 1.82) is 0 Å². The lowest BCUT2D eigenvalue weighted by Gasteiger charge is -2.23. The van der Waals surface area contributed by atoms with Gasteiger partial charge in [-0.2, -0.15) is 0 Å². The maximum Gasteiger partial charge on any atom is 0.225 e. The lowest BCUT2D eigenvalue weighted by molar-refractivity contribution is -0.134. The summed E-state index contributed by atoms with van der Waals surface area (Å²) in [6, 6.07) is 3.64. The van der Waals surface area contributed by atoms with Crippen LogP contribution in [0.1, 0.15) is 18.9 Å². The summed E-state index contributed by atoms with van der Waals surface area (Å²) in [5.74, 6) is -1.55. The van der Waals surface area contributed by atoms with Crippen molar-refractivity contribution >= 4 is 18.3 Å². The molecule has 0 heterocycles. The third-order valence-electron chi connectivity index (χ3n) is 3.14. The van der Waals surface area contributed by atoms with Crippen molar-refractivity contribution < 1.29 is 18.3 Å². The van der Waals surface area contributed by atoms with Gasteiger partial charge >= 0.3 is 0 Å². The van der Waals surface area contributed by atoms with Gasteiger partial charge in [0, 0.05) is 25.8 Å². The van der Waals surface area contributed by atoms with Crippen molar-refractivity contribution in [3.63, 3.8) is 0 Å². The fourth-order valence-electron chi connectivity index (χ4n) is 1.84. The minimum absolute atomic E-state index is 0. The number of ether oxygens (including phenoxy) is 1. The minimum atomic E-state index is -0.654. The fourth-order valence-corrected chi connectivity index (χ4v) is 1.84. The van der Waals surface area contributed by atoms with Crippen LogP contribution < -0.4 is 5.73 Å². The van der Waals surface area contributed by atoms with E-state index in [1.807, 2.05) is 0 Å². The largest absolute Gasteiger partial charge is 0.380 e. The van der Waals surface area contributed by atoms with Gasteiger partial charge in [-0.15, -0.1) is 12.4 Å². The van der Waals surface area contributed by atoms with Crippen LogP contribution in [0, 0.1) is 11.6 Å². The zero-order valence-corrected chi connectivity index (χ0v) is 13.0. The molecule has 0 radical (unpaired) electrons. The predicted molar refractivity (Wildman–Crippen MR) is 79.2 cm³/mol. The number of nitrogens with two attached hydrogens (primary N) is 1. The lowest BCUT2D eigenvalue weighted by atomic mass is 10.1. The Kier molecular flexibility index (Phi) is 9.08. The summed E-state index contributed by atoms with van der Waals surface area (Å²) >= 11 is 0. The molecule has 21 heavy (non-hydrogen) atoms. The number of nitrogens with zero attached hydrogens (tertiary/aromatic N) is 1. The van der Waals surface area contributed by atoms with Gasteiger partial charge in [0.25, 0.3) is 0 Å². The van der Waals surface area contributed by atoms with Gasteiger partial charge in [0.2, 0.25) is 5.91 Å². The molecule has 1 aromatic rings. The molecule has 0 aromatic heterocycles. The van der Waals surface area contributed by atoms with Gasteiger partial charge in [0.15, 0.2) is 0 Å². The second kappa shape index (κ2) is 9.65. The second-order valence-corrected chi connectivity index (χ2v) is 4.41. The molecule has 1 aromatic carbocycles. The number of halogens is 3. The van der Waals surface area contributed by atoms with Crippen LogP contribution in [0.2, 0.25) is 0 Å². The summed E-state index contributed by atoms with van der Waals surface area (Å²) in [6.07, 6.45) is -0.293. The number of hydrogen-bond donors (Lipinski definition) is 1. The number of benzene rings is 1. The zero-order chi connectivity index (χ0) is 15.1. The molecule has 1 unspecified atom stereocenters. The zero-order valence-electron chi connectivity index (χ0n) is 12.1. The van der Waals surface area contributed by atoms with Gasteiger partial charge < -0.3 is 15.4 Å². The molecular formula is C14H21ClF2N2O2. The summed E-state index contributed by atoms with van der Waals surface area (Å²) in [5.41, 5.74) is 5.35. The monoisotopic (exact) mass is 322 g/mol. The van der Waals surface area contributed by atoms with E-state index in [4.69, 9.17) is 10.5 Å². The van der Waals surface area contributed by atoms with Crippen LogP contribution in [0.3, 0.4) is 0 Å². The summed E-state index contributed by atoms with van der Waals surface area (Å²) in [4.78, 5) is 13.5. The number of carbonyl (C=O) groups excluding carboxylic acids is 1. The Morgan fingerprint density at radius 1 is 1.38 bits per heavy atom. The Labute approximate surface area is 129 Å². The van der Waals surface area contributed by atoms with Crippen LogP contribution in [-0.4, -0.2) is 37.1 Å². The Hall–Kier alpha value is -1.24. The van der Waals surface area contributed by atoms with Crippen LogP contribution in [0.5, 0.6) is 0 Å². The molecule has 0 fully saturated rings. The first-order chi connectivity index (χ1) is 9.53. The summed E-state index contributed by atoms with van der Waals surface area (Å²) in [5, 5.41) is 0. The van der Waals surface area contributed by atoms with Gasteiger partial charge in [-0.3, -0.25) is 4.79 Å². The third kappa shape index (κ3) is 5.57. The maximum absolute atomic E-state index is 13.6. The van der Waals surface area contributed by atoms with Crippen molar-refractivity contribution in [1.82, 2.24) is 4.90 Å². The van der Waals surface area contributed by atoms with E-state index >= 15 is 0 Å². The molecule has 1 rings (SSSR count). The van der Waals surface area contributed by atoms with Crippen molar-refractivity contribution in [3.05, 3.63) is 35.4 Å². The van der Waals surface area contributed by atoms with E-state index in [0.29, 0.717) is 6.54 Å². The highest BCUT2D eigenvalue weighted by molar-refractivity contribution is 5.85. The van der Waals surface area contributed by atoms with E-state index in [0.717, 1.165) is 0 Å². The number of carbonyl (C=O) groups is 1. The van der Waals surface area contributed by atoms with Crippen molar-refractivity contribution in [2.75, 3.05) is 20.2 Å². The quantitative estimate of drug-likeness (QED) is 0.836. The highest BCUT2D eigenvalue weighted by atomic mass is 35.5. The SMILES string of the molecule is CCN(Cc1c(F)cccc1F)C(=O)CC(CN)OC.Cl. The molecule has 0 aliphatic rings. The van der Waals surface area contributed by atoms with Gasteiger partial charge in [-0.25, -0.2) is 8.78 Å². The van der Waals surface area contributed by atoms with E-state index in [1.165, 1.54) is 30.2 Å². The molecule has 7 heteroatoms. The fraction of sp³-hybridized carbons (Fsp3) is 0.500. The topological polar surface area (TPSA) is 55.6 Å². The molecule has 0 aliphatic carbocycles. The number of hydrogen-bond acceptors (Lipinski definition) is 3. The molecule has 4 nitrogen and oxygen atoms in total. The first kappa shape index (κ1) is 19.8. The van der Waals surface area contributed by atoms with E-state index < -0.39 is 11.6 Å². The standard InChI is InChI=1S/C14H20F2N2O2.ClH/c1-3-18(14(19)7-10(8-17)20-2)9-11-12(15)5-4-6-13(11)16;/h4-6,10H,3,7-9,17H2,1-2H3;1H. The van der Waals surface area contributed by atoms with Crippen LogP contribution in [-0.2, 0) is 16.1 Å². The van der Waals surface area contributed by atoms with E-state index in [2.05, 4.69) is 0 Å². The van der Waals surface area contributed by atoms with Crippen molar-refractivity contribution in [2.45, 2.75) is 26.0 Å². The predicted octanol–water partition coefficient (Wildman–Crippen LogP) is 2.10. The lowest BCUT2D eigenvalue weighted by Crippen LogP contribution is -2.36. The van der Waals surface area contributed by atoms with Gasteiger partial charge in [-0.1, -0.05) is 6.07 Å². The number of amides is 1. The molecule has 1 atom stereocenters. The Balaban J connectivity index is 0.00000400. The molecular weight excluding hydrogens is 302 g/mol. The normalized spacial score (nSPS) is 11.7.